The first kappa shape index (κ1) is 20.3. The molecule has 0 saturated heterocycles. The van der Waals surface area contributed by atoms with Crippen molar-refractivity contribution in [1.82, 2.24) is 14.9 Å². The second-order valence-corrected chi connectivity index (χ2v) is 6.88. The molecule has 0 fully saturated rings. The topological polar surface area (TPSA) is 67.3 Å². The molecule has 1 aromatic heterocycles. The van der Waals surface area contributed by atoms with Crippen LogP contribution in [0.1, 0.15) is 36.8 Å². The fraction of sp³-hybridized carbons (Fsp3) is 0.261. The lowest BCUT2D eigenvalue weighted by molar-refractivity contribution is 0.0684. The number of anilines is 2. The molecule has 150 valence electrons. The first-order valence-electron chi connectivity index (χ1n) is 9.73. The van der Waals surface area contributed by atoms with Gasteiger partial charge in [-0.15, -0.1) is 0 Å². The van der Waals surface area contributed by atoms with Gasteiger partial charge in [0.2, 0.25) is 0 Å². The lowest BCUT2D eigenvalue weighted by Crippen LogP contribution is -2.36. The van der Waals surface area contributed by atoms with Crippen molar-refractivity contribution in [2.24, 2.45) is 0 Å². The zero-order chi connectivity index (χ0) is 20.6. The van der Waals surface area contributed by atoms with Crippen molar-refractivity contribution in [3.8, 4) is 5.75 Å². The lowest BCUT2D eigenvalue weighted by atomic mass is 10.2. The van der Waals surface area contributed by atoms with E-state index in [1.807, 2.05) is 75.4 Å². The Hall–Kier alpha value is -3.41. The molecule has 0 spiro atoms. The second kappa shape index (κ2) is 9.68. The molecule has 1 N–H and O–H groups in total. The molecule has 6 nitrogen and oxygen atoms in total. The molecule has 3 rings (SSSR count). The van der Waals surface area contributed by atoms with E-state index in [0.29, 0.717) is 24.7 Å². The predicted molar refractivity (Wildman–Crippen MR) is 114 cm³/mol. The summed E-state index contributed by atoms with van der Waals surface area (Å²) in [5.41, 5.74) is 2.28. The van der Waals surface area contributed by atoms with Crippen LogP contribution in [0.25, 0.3) is 0 Å². The molecule has 0 aliphatic carbocycles. The van der Waals surface area contributed by atoms with E-state index in [0.717, 1.165) is 17.0 Å². The maximum Gasteiger partial charge on any atom is 0.274 e. The van der Waals surface area contributed by atoms with Crippen molar-refractivity contribution in [3.63, 3.8) is 0 Å². The van der Waals surface area contributed by atoms with Gasteiger partial charge in [0.25, 0.3) is 5.91 Å². The Balaban J connectivity index is 1.68. The minimum atomic E-state index is -0.135. The minimum Gasteiger partial charge on any atom is -0.494 e. The Kier molecular flexibility index (Phi) is 6.79. The summed E-state index contributed by atoms with van der Waals surface area (Å²) in [6, 6.07) is 17.6. The van der Waals surface area contributed by atoms with E-state index < -0.39 is 0 Å². The summed E-state index contributed by atoms with van der Waals surface area (Å²) >= 11 is 0. The van der Waals surface area contributed by atoms with E-state index in [1.165, 1.54) is 6.20 Å². The van der Waals surface area contributed by atoms with E-state index in [4.69, 9.17) is 4.74 Å². The van der Waals surface area contributed by atoms with Gasteiger partial charge in [-0.05, 0) is 50.6 Å². The molecular weight excluding hydrogens is 364 g/mol. The molecule has 0 radical (unpaired) electrons. The Morgan fingerprint density at radius 1 is 1.03 bits per heavy atom. The first-order chi connectivity index (χ1) is 14.1. The summed E-state index contributed by atoms with van der Waals surface area (Å²) in [5.74, 6) is 1.26. The molecule has 6 heteroatoms. The third kappa shape index (κ3) is 5.54. The number of ether oxygens (including phenoxy) is 1. The van der Waals surface area contributed by atoms with E-state index in [1.54, 1.807) is 11.1 Å². The number of rotatable bonds is 8. The number of carbonyl (C=O) groups excluding carboxylic acids is 1. The molecule has 0 aliphatic rings. The van der Waals surface area contributed by atoms with Crippen LogP contribution in [0.2, 0.25) is 0 Å². The van der Waals surface area contributed by atoms with E-state index in [9.17, 15) is 4.79 Å². The average molecular weight is 390 g/mol. The van der Waals surface area contributed by atoms with Gasteiger partial charge in [0, 0.05) is 18.3 Å². The number of hydrogen-bond donors (Lipinski definition) is 1. The van der Waals surface area contributed by atoms with Crippen LogP contribution >= 0.6 is 0 Å². The van der Waals surface area contributed by atoms with E-state index in [-0.39, 0.29) is 11.9 Å². The third-order valence-electron chi connectivity index (χ3n) is 4.39. The summed E-state index contributed by atoms with van der Waals surface area (Å²) in [6.45, 7) is 7.10. The maximum absolute atomic E-state index is 12.9. The molecule has 0 bridgehead atoms. The van der Waals surface area contributed by atoms with Gasteiger partial charge in [-0.3, -0.25) is 4.79 Å². The number of nitrogens with zero attached hydrogens (tertiary/aromatic N) is 3. The molecular formula is C23H26N4O2. The minimum absolute atomic E-state index is 0.0474. The van der Waals surface area contributed by atoms with Gasteiger partial charge in [0.1, 0.15) is 17.3 Å². The Bertz CT molecular complexity index is 910. The van der Waals surface area contributed by atoms with Gasteiger partial charge >= 0.3 is 0 Å². The van der Waals surface area contributed by atoms with E-state index >= 15 is 0 Å². The fourth-order valence-electron chi connectivity index (χ4n) is 2.87. The smallest absolute Gasteiger partial charge is 0.274 e. The molecule has 3 aromatic rings. The molecule has 1 amide bonds. The van der Waals surface area contributed by atoms with Gasteiger partial charge in [0.15, 0.2) is 0 Å². The highest BCUT2D eigenvalue weighted by molar-refractivity contribution is 5.92. The van der Waals surface area contributed by atoms with Crippen molar-refractivity contribution in [3.05, 3.63) is 78.2 Å². The molecule has 0 aliphatic heterocycles. The Morgan fingerprint density at radius 2 is 1.76 bits per heavy atom. The number of amides is 1. The second-order valence-electron chi connectivity index (χ2n) is 6.88. The molecule has 29 heavy (non-hydrogen) atoms. The number of aromatic nitrogens is 2. The number of benzene rings is 2. The molecule has 1 heterocycles. The predicted octanol–water partition coefficient (Wildman–Crippen LogP) is 4.67. The van der Waals surface area contributed by atoms with Crippen LogP contribution < -0.4 is 10.1 Å². The molecule has 0 unspecified atom stereocenters. The summed E-state index contributed by atoms with van der Waals surface area (Å²) < 4.78 is 5.44. The number of nitrogens with one attached hydrogen (secondary N) is 1. The first-order valence-corrected chi connectivity index (χ1v) is 9.73. The van der Waals surface area contributed by atoms with Crippen LogP contribution in [0.3, 0.4) is 0 Å². The zero-order valence-corrected chi connectivity index (χ0v) is 17.0. The standard InChI is InChI=1S/C23H26N4O2/c1-4-29-20-12-10-19(11-13-20)26-22-15-24-21(14-25-22)23(28)27(17(2)3)16-18-8-6-5-7-9-18/h5-15,17H,4,16H2,1-3H3,(H,25,26). The van der Waals surface area contributed by atoms with Crippen molar-refractivity contribution in [1.29, 1.82) is 0 Å². The largest absolute Gasteiger partial charge is 0.494 e. The van der Waals surface area contributed by atoms with Gasteiger partial charge in [-0.2, -0.15) is 0 Å². The third-order valence-corrected chi connectivity index (χ3v) is 4.39. The maximum atomic E-state index is 12.9. The van der Waals surface area contributed by atoms with Crippen LogP contribution in [0, 0.1) is 0 Å². The fourth-order valence-corrected chi connectivity index (χ4v) is 2.87. The van der Waals surface area contributed by atoms with Gasteiger partial charge in [-0.1, -0.05) is 30.3 Å². The number of carbonyl (C=O) groups is 1. The normalized spacial score (nSPS) is 10.6. The summed E-state index contributed by atoms with van der Waals surface area (Å²) in [5, 5.41) is 3.18. The monoisotopic (exact) mass is 390 g/mol. The highest BCUT2D eigenvalue weighted by Gasteiger charge is 2.20. The summed E-state index contributed by atoms with van der Waals surface area (Å²) in [4.78, 5) is 23.4. The van der Waals surface area contributed by atoms with Crippen LogP contribution in [-0.2, 0) is 6.54 Å². The van der Waals surface area contributed by atoms with Crippen LogP contribution in [0.15, 0.2) is 67.0 Å². The van der Waals surface area contributed by atoms with Crippen LogP contribution in [0.5, 0.6) is 5.75 Å². The molecule has 0 atom stereocenters. The van der Waals surface area contributed by atoms with Gasteiger partial charge in [0.05, 0.1) is 19.0 Å². The highest BCUT2D eigenvalue weighted by atomic mass is 16.5. The van der Waals surface area contributed by atoms with Gasteiger partial charge < -0.3 is 15.0 Å². The quantitative estimate of drug-likeness (QED) is 0.605. The Labute approximate surface area is 171 Å². The van der Waals surface area contributed by atoms with Crippen molar-refractivity contribution in [2.75, 3.05) is 11.9 Å². The Morgan fingerprint density at radius 3 is 2.34 bits per heavy atom. The van der Waals surface area contributed by atoms with Crippen molar-refractivity contribution >= 4 is 17.4 Å². The van der Waals surface area contributed by atoms with Gasteiger partial charge in [-0.25, -0.2) is 9.97 Å². The highest BCUT2D eigenvalue weighted by Crippen LogP contribution is 2.19. The van der Waals surface area contributed by atoms with Crippen LogP contribution in [-0.4, -0.2) is 33.4 Å². The SMILES string of the molecule is CCOc1ccc(Nc2cnc(C(=O)N(Cc3ccccc3)C(C)C)cn2)cc1. The molecule has 0 saturated carbocycles. The van der Waals surface area contributed by atoms with Crippen molar-refractivity contribution in [2.45, 2.75) is 33.4 Å². The average Bonchev–Trinajstić information content (AvgIpc) is 2.74. The van der Waals surface area contributed by atoms with Crippen LogP contribution in [0.4, 0.5) is 11.5 Å². The van der Waals surface area contributed by atoms with E-state index in [2.05, 4.69) is 15.3 Å². The number of hydrogen-bond acceptors (Lipinski definition) is 5. The zero-order valence-electron chi connectivity index (χ0n) is 17.0. The van der Waals surface area contributed by atoms with Crippen molar-refractivity contribution < 1.29 is 9.53 Å². The summed E-state index contributed by atoms with van der Waals surface area (Å²) in [7, 11) is 0. The molecule has 2 aromatic carbocycles. The summed E-state index contributed by atoms with van der Waals surface area (Å²) in [6.07, 6.45) is 3.09. The lowest BCUT2D eigenvalue weighted by Gasteiger charge is -2.26.